The zero-order valence-electron chi connectivity index (χ0n) is 5.50. The molecule has 0 heterocycles. The van der Waals surface area contributed by atoms with Crippen molar-refractivity contribution in [2.24, 2.45) is 11.5 Å². The Labute approximate surface area is 58.3 Å². The van der Waals surface area contributed by atoms with Gasteiger partial charge >= 0.3 is 5.97 Å². The molecule has 5 heteroatoms. The standard InChI is InChI=1S/C5H10N2O3/c6-1-4(8)3-10-5(9)2-7/h1-3,6-7H2. The highest BCUT2D eigenvalue weighted by Crippen LogP contribution is 1.75. The normalized spacial score (nSPS) is 9.00. The maximum absolute atomic E-state index is 10.4. The predicted octanol–water partition coefficient (Wildman–Crippen LogP) is -1.98. The van der Waals surface area contributed by atoms with E-state index in [1.165, 1.54) is 0 Å². The second-order valence-electron chi connectivity index (χ2n) is 1.61. The van der Waals surface area contributed by atoms with Gasteiger partial charge in [0.25, 0.3) is 0 Å². The quantitative estimate of drug-likeness (QED) is 0.448. The number of carbonyl (C=O) groups excluding carboxylic acids is 2. The molecule has 0 unspecified atom stereocenters. The van der Waals surface area contributed by atoms with Crippen molar-refractivity contribution >= 4 is 11.8 Å². The van der Waals surface area contributed by atoms with E-state index >= 15 is 0 Å². The van der Waals surface area contributed by atoms with E-state index in [1.54, 1.807) is 0 Å². The van der Waals surface area contributed by atoms with Crippen LogP contribution in [0.5, 0.6) is 0 Å². The van der Waals surface area contributed by atoms with Gasteiger partial charge in [0.1, 0.15) is 0 Å². The van der Waals surface area contributed by atoms with Crippen LogP contribution in [0, 0.1) is 0 Å². The number of esters is 1. The summed E-state index contributed by atoms with van der Waals surface area (Å²) in [5, 5.41) is 0. The van der Waals surface area contributed by atoms with Crippen LogP contribution in [0.25, 0.3) is 0 Å². The number of nitrogens with two attached hydrogens (primary N) is 2. The molecule has 0 saturated heterocycles. The minimum atomic E-state index is -0.596. The van der Waals surface area contributed by atoms with Gasteiger partial charge in [-0.15, -0.1) is 0 Å². The molecule has 0 aromatic rings. The average molecular weight is 146 g/mol. The van der Waals surface area contributed by atoms with E-state index in [4.69, 9.17) is 11.5 Å². The van der Waals surface area contributed by atoms with Crippen molar-refractivity contribution < 1.29 is 14.3 Å². The molecule has 0 aromatic heterocycles. The van der Waals surface area contributed by atoms with Crippen molar-refractivity contribution in [2.75, 3.05) is 19.7 Å². The third kappa shape index (κ3) is 3.99. The molecular weight excluding hydrogens is 136 g/mol. The Morgan fingerprint density at radius 3 is 2.20 bits per heavy atom. The zero-order valence-corrected chi connectivity index (χ0v) is 5.50. The third-order valence-electron chi connectivity index (χ3n) is 0.788. The number of ether oxygens (including phenoxy) is 1. The zero-order chi connectivity index (χ0) is 7.98. The summed E-state index contributed by atoms with van der Waals surface area (Å²) in [7, 11) is 0. The molecule has 4 N–H and O–H groups in total. The van der Waals surface area contributed by atoms with Crippen molar-refractivity contribution in [3.63, 3.8) is 0 Å². The van der Waals surface area contributed by atoms with Gasteiger partial charge in [-0.05, 0) is 0 Å². The van der Waals surface area contributed by atoms with Crippen molar-refractivity contribution in [2.45, 2.75) is 0 Å². The predicted molar refractivity (Wildman–Crippen MR) is 34.1 cm³/mol. The lowest BCUT2D eigenvalue weighted by molar-refractivity contribution is -0.146. The Bertz CT molecular complexity index is 119. The largest absolute Gasteiger partial charge is 0.457 e. The van der Waals surface area contributed by atoms with Crippen LogP contribution in [-0.4, -0.2) is 31.4 Å². The third-order valence-corrected chi connectivity index (χ3v) is 0.788. The Kier molecular flexibility index (Phi) is 4.43. The Balaban J connectivity index is 3.35. The van der Waals surface area contributed by atoms with Crippen LogP contribution in [0.15, 0.2) is 0 Å². The molecule has 0 radical (unpaired) electrons. The van der Waals surface area contributed by atoms with Crippen LogP contribution < -0.4 is 11.5 Å². The van der Waals surface area contributed by atoms with Gasteiger partial charge in [0, 0.05) is 0 Å². The number of carbonyl (C=O) groups is 2. The highest BCUT2D eigenvalue weighted by Gasteiger charge is 2.02. The smallest absolute Gasteiger partial charge is 0.320 e. The van der Waals surface area contributed by atoms with E-state index in [-0.39, 0.29) is 25.5 Å². The van der Waals surface area contributed by atoms with E-state index in [0.29, 0.717) is 0 Å². The van der Waals surface area contributed by atoms with Crippen LogP contribution in [0.4, 0.5) is 0 Å². The molecule has 58 valence electrons. The average Bonchev–Trinajstić information content (AvgIpc) is 1.99. The fourth-order valence-corrected chi connectivity index (χ4v) is 0.279. The molecular formula is C5H10N2O3. The summed E-state index contributed by atoms with van der Waals surface area (Å²) < 4.78 is 4.35. The first-order valence-corrected chi connectivity index (χ1v) is 2.78. The minimum absolute atomic E-state index is 0.113. The van der Waals surface area contributed by atoms with E-state index in [1.807, 2.05) is 0 Å². The number of hydrogen-bond acceptors (Lipinski definition) is 5. The van der Waals surface area contributed by atoms with Gasteiger partial charge in [-0.1, -0.05) is 0 Å². The fourth-order valence-electron chi connectivity index (χ4n) is 0.279. The van der Waals surface area contributed by atoms with Gasteiger partial charge in [0.15, 0.2) is 12.4 Å². The topological polar surface area (TPSA) is 95.4 Å². The Hall–Kier alpha value is -0.940. The first-order valence-electron chi connectivity index (χ1n) is 2.78. The lowest BCUT2D eigenvalue weighted by atomic mass is 10.4. The molecule has 0 spiro atoms. The van der Waals surface area contributed by atoms with Crippen LogP contribution in [0.1, 0.15) is 0 Å². The Morgan fingerprint density at radius 2 is 1.80 bits per heavy atom. The van der Waals surface area contributed by atoms with Gasteiger partial charge in [-0.3, -0.25) is 9.59 Å². The summed E-state index contributed by atoms with van der Waals surface area (Å²) in [6, 6.07) is 0. The molecule has 0 fully saturated rings. The van der Waals surface area contributed by atoms with E-state index in [9.17, 15) is 9.59 Å². The number of ketones is 1. The Morgan fingerprint density at radius 1 is 1.20 bits per heavy atom. The molecule has 0 aliphatic carbocycles. The maximum Gasteiger partial charge on any atom is 0.320 e. The lowest BCUT2D eigenvalue weighted by Gasteiger charge is -1.98. The fraction of sp³-hybridized carbons (Fsp3) is 0.600. The van der Waals surface area contributed by atoms with Crippen molar-refractivity contribution in [3.8, 4) is 0 Å². The molecule has 0 amide bonds. The summed E-state index contributed by atoms with van der Waals surface area (Å²) in [6.45, 7) is -0.595. The summed E-state index contributed by atoms with van der Waals surface area (Å²) in [4.78, 5) is 20.7. The molecule has 10 heavy (non-hydrogen) atoms. The van der Waals surface area contributed by atoms with Crippen molar-refractivity contribution in [1.82, 2.24) is 0 Å². The van der Waals surface area contributed by atoms with E-state index in [0.717, 1.165) is 0 Å². The molecule has 0 bridgehead atoms. The van der Waals surface area contributed by atoms with Gasteiger partial charge in [-0.25, -0.2) is 0 Å². The van der Waals surface area contributed by atoms with Gasteiger partial charge in [-0.2, -0.15) is 0 Å². The molecule has 0 aliphatic rings. The van der Waals surface area contributed by atoms with E-state index < -0.39 is 5.97 Å². The van der Waals surface area contributed by atoms with Crippen LogP contribution in [0.3, 0.4) is 0 Å². The van der Waals surface area contributed by atoms with Gasteiger partial charge in [0.05, 0.1) is 13.1 Å². The monoisotopic (exact) mass is 146 g/mol. The minimum Gasteiger partial charge on any atom is -0.457 e. The second-order valence-corrected chi connectivity index (χ2v) is 1.61. The molecule has 0 aromatic carbocycles. The summed E-state index contributed by atoms with van der Waals surface area (Å²) in [5.74, 6) is -0.913. The van der Waals surface area contributed by atoms with Crippen LogP contribution >= 0.6 is 0 Å². The first-order chi connectivity index (χ1) is 4.70. The number of rotatable bonds is 4. The maximum atomic E-state index is 10.4. The highest BCUT2D eigenvalue weighted by atomic mass is 16.5. The van der Waals surface area contributed by atoms with Crippen LogP contribution in [-0.2, 0) is 14.3 Å². The van der Waals surface area contributed by atoms with Crippen molar-refractivity contribution in [3.05, 3.63) is 0 Å². The SMILES string of the molecule is NCC(=O)COC(=O)CN. The first kappa shape index (κ1) is 9.06. The number of hydrogen-bond donors (Lipinski definition) is 2. The molecule has 0 saturated carbocycles. The second kappa shape index (κ2) is 4.89. The molecule has 0 atom stereocenters. The van der Waals surface area contributed by atoms with Crippen LogP contribution in [0.2, 0.25) is 0 Å². The molecule has 5 nitrogen and oxygen atoms in total. The highest BCUT2D eigenvalue weighted by molar-refractivity contribution is 5.84. The summed E-state index contributed by atoms with van der Waals surface area (Å²) >= 11 is 0. The van der Waals surface area contributed by atoms with Gasteiger partial charge < -0.3 is 16.2 Å². The van der Waals surface area contributed by atoms with E-state index in [2.05, 4.69) is 4.74 Å². The van der Waals surface area contributed by atoms with Gasteiger partial charge in [0.2, 0.25) is 0 Å². The lowest BCUT2D eigenvalue weighted by Crippen LogP contribution is -2.24. The number of Topliss-reactive ketones (excluding diaryl/α,β-unsaturated/α-hetero) is 1. The van der Waals surface area contributed by atoms with Crippen molar-refractivity contribution in [1.29, 1.82) is 0 Å². The molecule has 0 rings (SSSR count). The summed E-state index contributed by atoms with van der Waals surface area (Å²) in [5.41, 5.74) is 9.81. The summed E-state index contributed by atoms with van der Waals surface area (Å²) in [6.07, 6.45) is 0. The molecule has 0 aliphatic heterocycles.